The summed E-state index contributed by atoms with van der Waals surface area (Å²) in [5.74, 6) is 0. The van der Waals surface area contributed by atoms with E-state index < -0.39 is 5.69 Å². The van der Waals surface area contributed by atoms with Gasteiger partial charge in [0.25, 0.3) is 5.56 Å². The van der Waals surface area contributed by atoms with Crippen LogP contribution in [0.3, 0.4) is 0 Å². The van der Waals surface area contributed by atoms with Gasteiger partial charge in [0.2, 0.25) is 0 Å². The molecule has 0 atom stereocenters. The second-order valence-electron chi connectivity index (χ2n) is 3.25. The van der Waals surface area contributed by atoms with Crippen LogP contribution in [0.4, 0.5) is 5.13 Å². The molecular weight excluding hydrogens is 228 g/mol. The van der Waals surface area contributed by atoms with Crippen molar-refractivity contribution in [3.63, 3.8) is 0 Å². The van der Waals surface area contributed by atoms with Crippen molar-refractivity contribution >= 4 is 26.8 Å². The van der Waals surface area contributed by atoms with Crippen molar-refractivity contribution in [2.45, 2.75) is 13.8 Å². The maximum absolute atomic E-state index is 11.5. The zero-order chi connectivity index (χ0) is 11.7. The summed E-state index contributed by atoms with van der Waals surface area (Å²) in [5.41, 5.74) is -0.538. The fourth-order valence-corrected chi connectivity index (χ4v) is 2.52. The van der Waals surface area contributed by atoms with Crippen molar-refractivity contribution in [2.24, 2.45) is 0 Å². The van der Waals surface area contributed by atoms with Crippen molar-refractivity contribution in [1.82, 2.24) is 15.0 Å². The maximum Gasteiger partial charge on any atom is 0.327 e. The van der Waals surface area contributed by atoms with Gasteiger partial charge in [-0.15, -0.1) is 0 Å². The van der Waals surface area contributed by atoms with E-state index in [0.717, 1.165) is 18.2 Å². The van der Waals surface area contributed by atoms with Crippen LogP contribution in [0.15, 0.2) is 9.59 Å². The Labute approximate surface area is 95.0 Å². The van der Waals surface area contributed by atoms with Gasteiger partial charge in [0.1, 0.15) is 4.70 Å². The molecule has 86 valence electrons. The largest absolute Gasteiger partial charge is 0.349 e. The highest BCUT2D eigenvalue weighted by molar-refractivity contribution is 7.22. The minimum atomic E-state index is -0.520. The van der Waals surface area contributed by atoms with E-state index >= 15 is 0 Å². The lowest BCUT2D eigenvalue weighted by Gasteiger charge is -2.15. The molecule has 0 aliphatic heterocycles. The average Bonchev–Trinajstić information content (AvgIpc) is 2.63. The van der Waals surface area contributed by atoms with Gasteiger partial charge in [0, 0.05) is 13.1 Å². The van der Waals surface area contributed by atoms with Gasteiger partial charge in [-0.2, -0.15) is 0 Å². The maximum atomic E-state index is 11.5. The number of anilines is 1. The van der Waals surface area contributed by atoms with Gasteiger partial charge < -0.3 is 4.90 Å². The Bertz CT molecular complexity index is 608. The number of aromatic amines is 2. The molecule has 16 heavy (non-hydrogen) atoms. The fourth-order valence-electron chi connectivity index (χ4n) is 1.48. The molecule has 2 heterocycles. The molecule has 0 saturated heterocycles. The van der Waals surface area contributed by atoms with E-state index in [-0.39, 0.29) is 5.56 Å². The van der Waals surface area contributed by atoms with Crippen molar-refractivity contribution in [3.8, 4) is 0 Å². The van der Waals surface area contributed by atoms with Crippen LogP contribution in [0.25, 0.3) is 10.3 Å². The van der Waals surface area contributed by atoms with Gasteiger partial charge in [-0.1, -0.05) is 11.3 Å². The van der Waals surface area contributed by atoms with Crippen molar-refractivity contribution in [2.75, 3.05) is 18.0 Å². The van der Waals surface area contributed by atoms with E-state index in [9.17, 15) is 9.59 Å². The molecule has 0 spiro atoms. The molecule has 0 radical (unpaired) electrons. The van der Waals surface area contributed by atoms with Gasteiger partial charge in [0.15, 0.2) is 10.8 Å². The fraction of sp³-hybridized carbons (Fsp3) is 0.444. The van der Waals surface area contributed by atoms with Gasteiger partial charge in [-0.05, 0) is 13.8 Å². The number of aromatic nitrogens is 3. The number of hydrogen-bond acceptors (Lipinski definition) is 5. The summed E-state index contributed by atoms with van der Waals surface area (Å²) in [4.78, 5) is 33.5. The molecule has 2 aromatic rings. The van der Waals surface area contributed by atoms with Crippen LogP contribution >= 0.6 is 11.3 Å². The van der Waals surface area contributed by atoms with E-state index in [0.29, 0.717) is 10.3 Å². The minimum Gasteiger partial charge on any atom is -0.349 e. The number of nitrogens with one attached hydrogen (secondary N) is 2. The molecule has 0 fully saturated rings. The van der Waals surface area contributed by atoms with Gasteiger partial charge in [-0.25, -0.2) is 9.78 Å². The topological polar surface area (TPSA) is 81.8 Å². The number of hydrogen-bond donors (Lipinski definition) is 2. The highest BCUT2D eigenvalue weighted by atomic mass is 32.1. The van der Waals surface area contributed by atoms with E-state index in [1.54, 1.807) is 0 Å². The third-order valence-corrected chi connectivity index (χ3v) is 3.43. The number of H-pyrrole nitrogens is 2. The Morgan fingerprint density at radius 2 is 1.94 bits per heavy atom. The predicted molar refractivity (Wildman–Crippen MR) is 64.4 cm³/mol. The van der Waals surface area contributed by atoms with E-state index in [1.807, 2.05) is 18.7 Å². The second kappa shape index (κ2) is 4.09. The molecule has 2 aromatic heterocycles. The highest BCUT2D eigenvalue weighted by Gasteiger charge is 2.12. The SMILES string of the molecule is CCN(CC)c1nc2[nH]c(=O)[nH]c(=O)c2s1. The van der Waals surface area contributed by atoms with E-state index in [1.165, 1.54) is 11.3 Å². The molecule has 0 aromatic carbocycles. The summed E-state index contributed by atoms with van der Waals surface area (Å²) >= 11 is 1.29. The third-order valence-electron chi connectivity index (χ3n) is 2.32. The molecule has 6 nitrogen and oxygen atoms in total. The first-order valence-corrected chi connectivity index (χ1v) is 5.85. The van der Waals surface area contributed by atoms with Crippen LogP contribution in [0.1, 0.15) is 13.8 Å². The molecule has 0 saturated carbocycles. The van der Waals surface area contributed by atoms with Crippen LogP contribution in [0.5, 0.6) is 0 Å². The lowest BCUT2D eigenvalue weighted by Crippen LogP contribution is -2.21. The molecule has 0 unspecified atom stereocenters. The standard InChI is InChI=1S/C9H12N4O2S/c1-3-13(4-2)9-11-6-5(16-9)7(14)12-8(15)10-6/h3-4H2,1-2H3,(H2,10,12,14,15). The number of fused-ring (bicyclic) bond motifs is 1. The third kappa shape index (κ3) is 1.73. The van der Waals surface area contributed by atoms with E-state index in [4.69, 9.17) is 0 Å². The second-order valence-corrected chi connectivity index (χ2v) is 4.23. The Morgan fingerprint density at radius 1 is 1.25 bits per heavy atom. The summed E-state index contributed by atoms with van der Waals surface area (Å²) in [6.45, 7) is 5.67. The van der Waals surface area contributed by atoms with Crippen molar-refractivity contribution < 1.29 is 0 Å². The summed E-state index contributed by atoms with van der Waals surface area (Å²) in [6.07, 6.45) is 0. The summed E-state index contributed by atoms with van der Waals surface area (Å²) in [5, 5.41) is 0.757. The summed E-state index contributed by atoms with van der Waals surface area (Å²) in [6, 6.07) is 0. The first kappa shape index (κ1) is 10.9. The zero-order valence-electron chi connectivity index (χ0n) is 9.03. The Kier molecular flexibility index (Phi) is 2.78. The minimum absolute atomic E-state index is 0.362. The lowest BCUT2D eigenvalue weighted by molar-refractivity contribution is 0.861. The first-order chi connectivity index (χ1) is 7.65. The quantitative estimate of drug-likeness (QED) is 0.819. The Morgan fingerprint density at radius 3 is 2.56 bits per heavy atom. The van der Waals surface area contributed by atoms with Crippen LogP contribution in [0.2, 0.25) is 0 Å². The predicted octanol–water partition coefficient (Wildman–Crippen LogP) is 0.519. The molecule has 0 amide bonds. The average molecular weight is 240 g/mol. The number of thiazole rings is 1. The normalized spacial score (nSPS) is 10.9. The van der Waals surface area contributed by atoms with Crippen LogP contribution in [-0.2, 0) is 0 Å². The van der Waals surface area contributed by atoms with Crippen molar-refractivity contribution in [1.29, 1.82) is 0 Å². The number of rotatable bonds is 3. The van der Waals surface area contributed by atoms with Crippen molar-refractivity contribution in [3.05, 3.63) is 20.8 Å². The van der Waals surface area contributed by atoms with Gasteiger partial charge in [-0.3, -0.25) is 14.8 Å². The molecule has 0 bridgehead atoms. The molecule has 2 rings (SSSR count). The van der Waals surface area contributed by atoms with Gasteiger partial charge in [0.05, 0.1) is 0 Å². The molecular formula is C9H12N4O2S. The summed E-state index contributed by atoms with van der Waals surface area (Å²) in [7, 11) is 0. The summed E-state index contributed by atoms with van der Waals surface area (Å²) < 4.78 is 0.460. The van der Waals surface area contributed by atoms with E-state index in [2.05, 4.69) is 15.0 Å². The molecule has 0 aliphatic carbocycles. The Hall–Kier alpha value is -1.63. The van der Waals surface area contributed by atoms with Gasteiger partial charge >= 0.3 is 5.69 Å². The monoisotopic (exact) mass is 240 g/mol. The number of nitrogens with zero attached hydrogens (tertiary/aromatic N) is 2. The molecule has 7 heteroatoms. The Balaban J connectivity index is 2.64. The first-order valence-electron chi connectivity index (χ1n) is 5.03. The smallest absolute Gasteiger partial charge is 0.327 e. The molecule has 2 N–H and O–H groups in total. The van der Waals surface area contributed by atoms with Crippen LogP contribution in [-0.4, -0.2) is 28.0 Å². The molecule has 0 aliphatic rings. The lowest BCUT2D eigenvalue weighted by atomic mass is 10.5. The van der Waals surface area contributed by atoms with Crippen LogP contribution in [0, 0.1) is 0 Å². The zero-order valence-corrected chi connectivity index (χ0v) is 9.85. The van der Waals surface area contributed by atoms with Crippen LogP contribution < -0.4 is 16.1 Å². The highest BCUT2D eigenvalue weighted by Crippen LogP contribution is 2.23.